The Morgan fingerprint density at radius 1 is 1.10 bits per heavy atom. The van der Waals surface area contributed by atoms with Gasteiger partial charge in [-0.05, 0) is 70.2 Å². The Hall–Kier alpha value is -3.19. The number of hydrogen-bond acceptors (Lipinski definition) is 7. The molecule has 1 aromatic rings. The number of benzene rings is 1. The van der Waals surface area contributed by atoms with E-state index >= 15 is 0 Å². The van der Waals surface area contributed by atoms with Crippen LogP contribution >= 0.6 is 11.8 Å². The zero-order valence-electron chi connectivity index (χ0n) is 24.7. The topological polar surface area (TPSA) is 114 Å². The van der Waals surface area contributed by atoms with Crippen LogP contribution in [-0.4, -0.2) is 72.1 Å². The van der Waals surface area contributed by atoms with Crippen molar-refractivity contribution in [1.82, 2.24) is 15.5 Å². The molecule has 10 heteroatoms. The van der Waals surface area contributed by atoms with Crippen molar-refractivity contribution in [1.29, 1.82) is 0 Å². The number of unbranched alkanes of at least 4 members (excludes halogenated alkanes) is 2. The standard InChI is InChI=1S/C30H45N3O6S/c1-8-11-12-20-33(28(36)24(18-21-40-7)32-29(37)39-30(4,5)6)26(23-15-13-22(9-2)14-16-23)27(35)31-19-17-25(34)38-10-3/h2,13-16,24,26H,8,10-12,17-21H2,1,3-7H3,(H,31,35)(H,32,37). The predicted molar refractivity (Wildman–Crippen MR) is 159 cm³/mol. The van der Waals surface area contributed by atoms with Crippen molar-refractivity contribution in [3.63, 3.8) is 0 Å². The van der Waals surface area contributed by atoms with Crippen LogP contribution in [0.4, 0.5) is 4.79 Å². The minimum atomic E-state index is -1.00. The number of nitrogens with zero attached hydrogens (tertiary/aromatic N) is 1. The van der Waals surface area contributed by atoms with Crippen LogP contribution in [0, 0.1) is 12.3 Å². The minimum absolute atomic E-state index is 0.00264. The maximum absolute atomic E-state index is 14.1. The number of ether oxygens (including phenoxy) is 2. The maximum Gasteiger partial charge on any atom is 0.408 e. The number of carbonyl (C=O) groups excluding carboxylic acids is 4. The second kappa shape index (κ2) is 18.2. The molecule has 0 fully saturated rings. The molecule has 0 aliphatic rings. The lowest BCUT2D eigenvalue weighted by Gasteiger charge is -2.34. The summed E-state index contributed by atoms with van der Waals surface area (Å²) in [6.07, 6.45) is 9.54. The highest BCUT2D eigenvalue weighted by Gasteiger charge is 2.36. The molecule has 0 aromatic heterocycles. The van der Waals surface area contributed by atoms with Gasteiger partial charge in [-0.25, -0.2) is 4.79 Å². The van der Waals surface area contributed by atoms with E-state index in [0.717, 1.165) is 12.8 Å². The summed E-state index contributed by atoms with van der Waals surface area (Å²) in [5.41, 5.74) is 0.467. The van der Waals surface area contributed by atoms with Gasteiger partial charge in [-0.1, -0.05) is 37.8 Å². The van der Waals surface area contributed by atoms with Gasteiger partial charge in [0.25, 0.3) is 0 Å². The summed E-state index contributed by atoms with van der Waals surface area (Å²) < 4.78 is 10.4. The molecule has 40 heavy (non-hydrogen) atoms. The number of thioether (sulfide) groups is 1. The summed E-state index contributed by atoms with van der Waals surface area (Å²) in [6, 6.07) is 4.98. The first-order valence-electron chi connectivity index (χ1n) is 13.8. The van der Waals surface area contributed by atoms with Crippen molar-refractivity contribution >= 4 is 35.6 Å². The fraction of sp³-hybridized carbons (Fsp3) is 0.600. The molecule has 2 atom stereocenters. The van der Waals surface area contributed by atoms with Gasteiger partial charge in [0.15, 0.2) is 0 Å². The van der Waals surface area contributed by atoms with Gasteiger partial charge in [-0.2, -0.15) is 11.8 Å². The van der Waals surface area contributed by atoms with E-state index in [4.69, 9.17) is 15.9 Å². The number of hydrogen-bond donors (Lipinski definition) is 2. The predicted octanol–water partition coefficient (Wildman–Crippen LogP) is 4.44. The van der Waals surface area contributed by atoms with E-state index < -0.39 is 35.7 Å². The van der Waals surface area contributed by atoms with E-state index in [0.29, 0.717) is 36.3 Å². The maximum atomic E-state index is 14.1. The van der Waals surface area contributed by atoms with E-state index in [2.05, 4.69) is 23.5 Å². The molecule has 0 saturated carbocycles. The van der Waals surface area contributed by atoms with Crippen molar-refractivity contribution in [2.24, 2.45) is 0 Å². The summed E-state index contributed by atoms with van der Waals surface area (Å²) in [4.78, 5) is 53.8. The summed E-state index contributed by atoms with van der Waals surface area (Å²) in [5, 5.41) is 5.52. The van der Waals surface area contributed by atoms with E-state index in [1.165, 1.54) is 4.90 Å². The average molecular weight is 576 g/mol. The van der Waals surface area contributed by atoms with Gasteiger partial charge in [-0.3, -0.25) is 14.4 Å². The van der Waals surface area contributed by atoms with E-state index in [-0.39, 0.29) is 25.5 Å². The van der Waals surface area contributed by atoms with Gasteiger partial charge >= 0.3 is 12.1 Å². The molecule has 0 aliphatic heterocycles. The third-order valence-electron chi connectivity index (χ3n) is 5.77. The zero-order valence-corrected chi connectivity index (χ0v) is 25.5. The van der Waals surface area contributed by atoms with Crippen LogP contribution in [-0.2, 0) is 23.9 Å². The Morgan fingerprint density at radius 3 is 2.33 bits per heavy atom. The van der Waals surface area contributed by atoms with Gasteiger partial charge in [0.1, 0.15) is 17.7 Å². The van der Waals surface area contributed by atoms with Crippen LogP contribution in [0.5, 0.6) is 0 Å². The number of esters is 1. The largest absolute Gasteiger partial charge is 0.466 e. The highest BCUT2D eigenvalue weighted by Crippen LogP contribution is 2.25. The van der Waals surface area contributed by atoms with E-state index in [1.807, 2.05) is 6.26 Å². The second-order valence-corrected chi connectivity index (χ2v) is 11.2. The Morgan fingerprint density at radius 2 is 1.77 bits per heavy atom. The number of nitrogens with one attached hydrogen (secondary N) is 2. The Balaban J connectivity index is 3.43. The van der Waals surface area contributed by atoms with E-state index in [9.17, 15) is 19.2 Å². The first-order valence-corrected chi connectivity index (χ1v) is 15.2. The molecule has 0 bridgehead atoms. The first kappa shape index (κ1) is 34.8. The molecule has 2 unspecified atom stereocenters. The molecule has 3 amide bonds. The van der Waals surface area contributed by atoms with Gasteiger partial charge in [0.2, 0.25) is 11.8 Å². The number of alkyl carbamates (subject to hydrolysis) is 1. The zero-order chi connectivity index (χ0) is 30.1. The smallest absolute Gasteiger partial charge is 0.408 e. The molecule has 0 spiro atoms. The lowest BCUT2D eigenvalue weighted by atomic mass is 10.00. The third kappa shape index (κ3) is 12.8. The van der Waals surface area contributed by atoms with Gasteiger partial charge in [0, 0.05) is 18.7 Å². The summed E-state index contributed by atoms with van der Waals surface area (Å²) in [5.74, 6) is 1.92. The van der Waals surface area contributed by atoms with Crippen LogP contribution < -0.4 is 10.6 Å². The summed E-state index contributed by atoms with van der Waals surface area (Å²) >= 11 is 1.55. The van der Waals surface area contributed by atoms with Crippen molar-refractivity contribution in [2.75, 3.05) is 31.7 Å². The fourth-order valence-electron chi connectivity index (χ4n) is 3.89. The number of rotatable bonds is 16. The fourth-order valence-corrected chi connectivity index (χ4v) is 4.37. The van der Waals surface area contributed by atoms with Crippen molar-refractivity contribution in [3.8, 4) is 12.3 Å². The highest BCUT2D eigenvalue weighted by molar-refractivity contribution is 7.98. The number of terminal acetylenes is 1. The Labute approximate surface area is 243 Å². The molecule has 0 aliphatic carbocycles. The van der Waals surface area contributed by atoms with Crippen LogP contribution in [0.2, 0.25) is 0 Å². The van der Waals surface area contributed by atoms with Gasteiger partial charge in [0.05, 0.1) is 13.0 Å². The van der Waals surface area contributed by atoms with Crippen LogP contribution in [0.25, 0.3) is 0 Å². The molecule has 0 radical (unpaired) electrons. The molecule has 222 valence electrons. The average Bonchev–Trinajstić information content (AvgIpc) is 2.89. The SMILES string of the molecule is C#Cc1ccc(C(C(=O)NCCC(=O)OCC)N(CCCCC)C(=O)C(CCSC)NC(=O)OC(C)(C)C)cc1. The minimum Gasteiger partial charge on any atom is -0.466 e. The number of amides is 3. The molecule has 1 rings (SSSR count). The summed E-state index contributed by atoms with van der Waals surface area (Å²) in [6.45, 7) is 9.61. The molecular weight excluding hydrogens is 530 g/mol. The molecule has 0 heterocycles. The molecule has 1 aromatic carbocycles. The van der Waals surface area contributed by atoms with Gasteiger partial charge in [-0.15, -0.1) is 6.42 Å². The molecule has 0 saturated heterocycles. The Kier molecular flexibility index (Phi) is 15.9. The van der Waals surface area contributed by atoms with Crippen molar-refractivity contribution in [3.05, 3.63) is 35.4 Å². The Bertz CT molecular complexity index is 1000. The normalized spacial score (nSPS) is 12.4. The molecular formula is C30H45N3O6S. The lowest BCUT2D eigenvalue weighted by Crippen LogP contribution is -2.53. The number of carbonyl (C=O) groups is 4. The van der Waals surface area contributed by atoms with Crippen LogP contribution in [0.3, 0.4) is 0 Å². The van der Waals surface area contributed by atoms with Crippen LogP contribution in [0.1, 0.15) is 83.9 Å². The van der Waals surface area contributed by atoms with E-state index in [1.54, 1.807) is 63.7 Å². The second-order valence-electron chi connectivity index (χ2n) is 10.2. The van der Waals surface area contributed by atoms with Crippen LogP contribution in [0.15, 0.2) is 24.3 Å². The monoisotopic (exact) mass is 575 g/mol. The lowest BCUT2D eigenvalue weighted by molar-refractivity contribution is -0.144. The molecule has 2 N–H and O–H groups in total. The summed E-state index contributed by atoms with van der Waals surface area (Å²) in [7, 11) is 0. The van der Waals surface area contributed by atoms with Crippen molar-refractivity contribution < 1.29 is 28.7 Å². The quantitative estimate of drug-likeness (QED) is 0.170. The van der Waals surface area contributed by atoms with Gasteiger partial charge < -0.3 is 25.0 Å². The third-order valence-corrected chi connectivity index (χ3v) is 6.42. The highest BCUT2D eigenvalue weighted by atomic mass is 32.2. The molecule has 9 nitrogen and oxygen atoms in total. The first-order chi connectivity index (χ1) is 19.0. The van der Waals surface area contributed by atoms with Crippen molar-refractivity contribution in [2.45, 2.75) is 84.4 Å².